The van der Waals surface area contributed by atoms with Crippen molar-refractivity contribution < 1.29 is 49.4 Å². The molecule has 0 radical (unpaired) electrons. The summed E-state index contributed by atoms with van der Waals surface area (Å²) in [6, 6.07) is -1.39. The van der Waals surface area contributed by atoms with Gasteiger partial charge in [0.1, 0.15) is 30.5 Å². The number of aliphatic hydroxyl groups is 3. The standard InChI is InChI=1S/C12H19NO10/c1-4(15)13-8-10(19)9(18)6(3-14)23-12(8)22-5(11(20)21)2-7(16)17/h5-6,8-10,12,14,18-19H,2-3H2,1H3,(H,13,15)(H,16,17)(H,20,21)/p-2/t5-,6?,8?,9+,10+,12+/m0/s1. The van der Waals surface area contributed by atoms with Gasteiger partial charge in [0, 0.05) is 19.3 Å². The monoisotopic (exact) mass is 335 g/mol. The molecule has 1 aliphatic rings. The zero-order valence-electron chi connectivity index (χ0n) is 12.1. The number of aliphatic hydroxyl groups excluding tert-OH is 3. The molecule has 0 saturated carbocycles. The SMILES string of the molecule is CC(=O)NC1[C@H](O[C@@H](CC(=O)[O-])C(=O)[O-])OC(CO)[C@@H](O)[C@@H]1O. The van der Waals surface area contributed by atoms with Crippen LogP contribution in [0.25, 0.3) is 0 Å². The number of rotatable bonds is 7. The number of carbonyl (C=O) groups excluding carboxylic acids is 3. The molecule has 6 atom stereocenters. The first-order chi connectivity index (χ1) is 10.7. The Balaban J connectivity index is 2.97. The molecule has 1 saturated heterocycles. The fourth-order valence-corrected chi connectivity index (χ4v) is 2.09. The summed E-state index contributed by atoms with van der Waals surface area (Å²) in [6.45, 7) is 0.354. The molecule has 132 valence electrons. The van der Waals surface area contributed by atoms with E-state index in [-0.39, 0.29) is 0 Å². The molecule has 0 aromatic rings. The van der Waals surface area contributed by atoms with Crippen LogP contribution in [-0.4, -0.2) is 76.5 Å². The Kier molecular flexibility index (Phi) is 6.84. The minimum absolute atomic E-state index is 0.647. The molecule has 0 aromatic heterocycles. The molecule has 11 nitrogen and oxygen atoms in total. The normalized spacial score (nSPS) is 32.1. The number of nitrogens with one attached hydrogen (secondary N) is 1. The maximum Gasteiger partial charge on any atom is 0.217 e. The largest absolute Gasteiger partial charge is 0.550 e. The summed E-state index contributed by atoms with van der Waals surface area (Å²) in [7, 11) is 0. The van der Waals surface area contributed by atoms with Gasteiger partial charge in [-0.1, -0.05) is 0 Å². The fourth-order valence-electron chi connectivity index (χ4n) is 2.09. The third-order valence-electron chi connectivity index (χ3n) is 3.16. The van der Waals surface area contributed by atoms with Crippen molar-refractivity contribution >= 4 is 17.8 Å². The molecule has 1 heterocycles. The zero-order valence-corrected chi connectivity index (χ0v) is 12.1. The lowest BCUT2D eigenvalue weighted by Gasteiger charge is -2.43. The summed E-state index contributed by atoms with van der Waals surface area (Å²) >= 11 is 0. The summed E-state index contributed by atoms with van der Waals surface area (Å²) in [5.41, 5.74) is 0. The zero-order chi connectivity index (χ0) is 17.7. The number of hydrogen-bond donors (Lipinski definition) is 4. The molecular formula is C12H17NO10-2. The number of hydrogen-bond acceptors (Lipinski definition) is 10. The van der Waals surface area contributed by atoms with Crippen LogP contribution in [0.3, 0.4) is 0 Å². The maximum atomic E-state index is 11.2. The molecule has 0 aromatic carbocycles. The van der Waals surface area contributed by atoms with Crippen molar-refractivity contribution in [2.24, 2.45) is 0 Å². The van der Waals surface area contributed by atoms with E-state index in [1.807, 2.05) is 0 Å². The lowest BCUT2D eigenvalue weighted by atomic mass is 9.97. The minimum atomic E-state index is -1.98. The van der Waals surface area contributed by atoms with Gasteiger partial charge < -0.3 is 49.9 Å². The Hall–Kier alpha value is -1.79. The highest BCUT2D eigenvalue weighted by Crippen LogP contribution is 2.23. The summed E-state index contributed by atoms with van der Waals surface area (Å²) in [5.74, 6) is -4.25. The van der Waals surface area contributed by atoms with E-state index >= 15 is 0 Å². The van der Waals surface area contributed by atoms with Gasteiger partial charge in [-0.3, -0.25) is 4.79 Å². The van der Waals surface area contributed by atoms with E-state index in [0.29, 0.717) is 0 Å². The molecule has 1 amide bonds. The Labute approximate surface area is 130 Å². The Morgan fingerprint density at radius 2 is 1.87 bits per heavy atom. The predicted octanol–water partition coefficient (Wildman–Crippen LogP) is -5.79. The number of carbonyl (C=O) groups is 3. The van der Waals surface area contributed by atoms with Crippen LogP contribution >= 0.6 is 0 Å². The molecule has 0 spiro atoms. The average molecular weight is 335 g/mol. The second kappa shape index (κ2) is 8.17. The summed E-state index contributed by atoms with van der Waals surface area (Å²) in [6.07, 6.45) is -9.25. The molecule has 0 bridgehead atoms. The third kappa shape index (κ3) is 5.11. The van der Waals surface area contributed by atoms with Crippen molar-refractivity contribution in [3.63, 3.8) is 0 Å². The van der Waals surface area contributed by atoms with Crippen LogP contribution in [0.5, 0.6) is 0 Å². The van der Waals surface area contributed by atoms with Gasteiger partial charge in [0.25, 0.3) is 0 Å². The van der Waals surface area contributed by atoms with Gasteiger partial charge in [0.2, 0.25) is 5.91 Å². The molecule has 1 aliphatic heterocycles. The van der Waals surface area contributed by atoms with E-state index in [1.54, 1.807) is 0 Å². The lowest BCUT2D eigenvalue weighted by Crippen LogP contribution is -2.65. The number of ether oxygens (including phenoxy) is 2. The van der Waals surface area contributed by atoms with E-state index in [9.17, 15) is 34.8 Å². The van der Waals surface area contributed by atoms with Gasteiger partial charge in [-0.15, -0.1) is 0 Å². The van der Waals surface area contributed by atoms with Crippen molar-refractivity contribution in [3.8, 4) is 0 Å². The molecule has 23 heavy (non-hydrogen) atoms. The van der Waals surface area contributed by atoms with Crippen LogP contribution in [-0.2, 0) is 23.9 Å². The Morgan fingerprint density at radius 3 is 2.30 bits per heavy atom. The van der Waals surface area contributed by atoms with Crippen LogP contribution in [0, 0.1) is 0 Å². The van der Waals surface area contributed by atoms with E-state index in [4.69, 9.17) is 14.6 Å². The van der Waals surface area contributed by atoms with Gasteiger partial charge >= 0.3 is 0 Å². The van der Waals surface area contributed by atoms with Crippen LogP contribution < -0.4 is 15.5 Å². The van der Waals surface area contributed by atoms with Gasteiger partial charge in [-0.05, 0) is 0 Å². The second-order valence-electron chi connectivity index (χ2n) is 4.95. The van der Waals surface area contributed by atoms with Gasteiger partial charge in [-0.25, -0.2) is 0 Å². The van der Waals surface area contributed by atoms with Crippen molar-refractivity contribution in [2.75, 3.05) is 6.61 Å². The molecule has 11 heteroatoms. The first-order valence-electron chi connectivity index (χ1n) is 6.63. The molecule has 4 N–H and O–H groups in total. The number of carboxylic acid groups (broad SMARTS) is 2. The quantitative estimate of drug-likeness (QED) is 0.349. The maximum absolute atomic E-state index is 11.2. The van der Waals surface area contributed by atoms with Crippen molar-refractivity contribution in [1.29, 1.82) is 0 Å². The smallest absolute Gasteiger partial charge is 0.217 e. The Bertz CT molecular complexity index is 455. The van der Waals surface area contributed by atoms with Crippen LogP contribution in [0.2, 0.25) is 0 Å². The highest BCUT2D eigenvalue weighted by molar-refractivity contribution is 5.77. The van der Waals surface area contributed by atoms with Gasteiger partial charge in [-0.2, -0.15) is 0 Å². The van der Waals surface area contributed by atoms with Crippen LogP contribution in [0.15, 0.2) is 0 Å². The molecular weight excluding hydrogens is 318 g/mol. The van der Waals surface area contributed by atoms with E-state index in [2.05, 4.69) is 5.32 Å². The second-order valence-corrected chi connectivity index (χ2v) is 4.95. The van der Waals surface area contributed by atoms with Gasteiger partial charge in [0.15, 0.2) is 6.29 Å². The molecule has 0 aliphatic carbocycles. The van der Waals surface area contributed by atoms with Crippen molar-refractivity contribution in [3.05, 3.63) is 0 Å². The van der Waals surface area contributed by atoms with Crippen molar-refractivity contribution in [2.45, 2.75) is 50.1 Å². The first kappa shape index (κ1) is 19.3. The molecule has 1 rings (SSSR count). The highest BCUT2D eigenvalue weighted by atomic mass is 16.7. The summed E-state index contributed by atoms with van der Waals surface area (Å²) in [5, 5.41) is 52.4. The van der Waals surface area contributed by atoms with E-state index in [1.165, 1.54) is 0 Å². The number of aliphatic carboxylic acids is 2. The number of carboxylic acids is 2. The summed E-state index contributed by atoms with van der Waals surface area (Å²) in [4.78, 5) is 32.6. The lowest BCUT2D eigenvalue weighted by molar-refractivity contribution is -0.340. The van der Waals surface area contributed by atoms with Crippen LogP contribution in [0.4, 0.5) is 0 Å². The van der Waals surface area contributed by atoms with Gasteiger partial charge in [0.05, 0.1) is 12.6 Å². The topological polar surface area (TPSA) is 189 Å². The first-order valence-corrected chi connectivity index (χ1v) is 6.63. The highest BCUT2D eigenvalue weighted by Gasteiger charge is 2.46. The number of amides is 1. The Morgan fingerprint density at radius 1 is 1.26 bits per heavy atom. The average Bonchev–Trinajstić information content (AvgIpc) is 2.44. The van der Waals surface area contributed by atoms with Crippen molar-refractivity contribution in [1.82, 2.24) is 5.32 Å². The summed E-state index contributed by atoms with van der Waals surface area (Å²) < 4.78 is 10.0. The third-order valence-corrected chi connectivity index (χ3v) is 3.16. The van der Waals surface area contributed by atoms with E-state index < -0.39 is 67.6 Å². The molecule has 1 fully saturated rings. The molecule has 2 unspecified atom stereocenters. The van der Waals surface area contributed by atoms with E-state index in [0.717, 1.165) is 6.92 Å². The fraction of sp³-hybridized carbons (Fsp3) is 0.750. The van der Waals surface area contributed by atoms with Crippen LogP contribution in [0.1, 0.15) is 13.3 Å². The minimum Gasteiger partial charge on any atom is -0.550 e. The predicted molar refractivity (Wildman–Crippen MR) is 64.9 cm³/mol.